The van der Waals surface area contributed by atoms with Crippen molar-refractivity contribution in [3.63, 3.8) is 0 Å². The number of rotatable bonds is 5. The zero-order valence-corrected chi connectivity index (χ0v) is 26.8. The van der Waals surface area contributed by atoms with Gasteiger partial charge in [0.05, 0.1) is 16.7 Å². The summed E-state index contributed by atoms with van der Waals surface area (Å²) in [6.07, 6.45) is -2.97. The Hall–Kier alpha value is -7.20. The lowest BCUT2D eigenvalue weighted by molar-refractivity contribution is -0.255. The van der Waals surface area contributed by atoms with Crippen LogP contribution in [0.3, 0.4) is 0 Å². The van der Waals surface area contributed by atoms with Crippen LogP contribution >= 0.6 is 0 Å². The minimum atomic E-state index is -1.38. The number of carbonyl (C=O) groups is 4. The maximum absolute atomic E-state index is 12.3. The van der Waals surface area contributed by atoms with Crippen molar-refractivity contribution in [2.24, 2.45) is 20.0 Å². The molecular weight excluding hydrogens is 684 g/mol. The van der Waals surface area contributed by atoms with E-state index in [2.05, 4.69) is 14.7 Å². The van der Waals surface area contributed by atoms with E-state index in [9.17, 15) is 34.5 Å². The number of aromatic carboxylic acids is 3. The Morgan fingerprint density at radius 1 is 0.604 bits per heavy atom. The van der Waals surface area contributed by atoms with Crippen LogP contribution < -0.4 is 15.7 Å². The average molecular weight is 705 g/mol. The number of nitrogens with zero attached hydrogens (tertiary/aromatic N) is 8. The van der Waals surface area contributed by atoms with E-state index in [0.717, 1.165) is 11.1 Å². The predicted molar refractivity (Wildman–Crippen MR) is 179 cm³/mol. The number of carboxylic acid groups (broad SMARTS) is 3. The fourth-order valence-corrected chi connectivity index (χ4v) is 9.38. The molecule has 0 amide bonds. The van der Waals surface area contributed by atoms with Crippen molar-refractivity contribution in [3.05, 3.63) is 134 Å². The number of ether oxygens (including phenoxy) is 1. The van der Waals surface area contributed by atoms with E-state index in [-0.39, 0.29) is 16.7 Å². The van der Waals surface area contributed by atoms with Crippen LogP contribution in [0.15, 0.2) is 92.8 Å². The highest BCUT2D eigenvalue weighted by Crippen LogP contribution is 2.64. The van der Waals surface area contributed by atoms with E-state index in [1.165, 1.54) is 18.2 Å². The molecule has 4 aromatic carbocycles. The van der Waals surface area contributed by atoms with Crippen LogP contribution in [0.1, 0.15) is 89.1 Å². The molecule has 16 nitrogen and oxygen atoms in total. The number of fused-ring (bicyclic) bond motifs is 12. The lowest BCUT2D eigenvalue weighted by Gasteiger charge is -2.63. The van der Waals surface area contributed by atoms with Crippen LogP contribution in [0.25, 0.3) is 10.8 Å². The van der Waals surface area contributed by atoms with Gasteiger partial charge in [-0.1, -0.05) is 12.1 Å². The van der Waals surface area contributed by atoms with Crippen molar-refractivity contribution < 1.29 is 39.2 Å². The molecule has 5 atom stereocenters. The minimum Gasteiger partial charge on any atom is -0.478 e. The van der Waals surface area contributed by atoms with Crippen molar-refractivity contribution in [2.45, 2.75) is 30.6 Å². The number of benzene rings is 4. The summed E-state index contributed by atoms with van der Waals surface area (Å²) < 4.78 is 7.28. The van der Waals surface area contributed by atoms with Gasteiger partial charge in [-0.2, -0.15) is 4.90 Å². The van der Waals surface area contributed by atoms with Gasteiger partial charge in [0.25, 0.3) is 12.4 Å². The Kier molecular flexibility index (Phi) is 4.83. The Bertz CT molecular complexity index is 2920. The van der Waals surface area contributed by atoms with Crippen molar-refractivity contribution in [3.8, 4) is 5.75 Å². The molecule has 12 rings (SSSR count). The maximum Gasteiger partial charge on any atom is 0.335 e. The number of aromatic nitrogens is 1. The second kappa shape index (κ2) is 8.99. The fraction of sp³-hybridized carbons (Fsp3) is 0.135. The Morgan fingerprint density at radius 2 is 1.21 bits per heavy atom. The van der Waals surface area contributed by atoms with Crippen LogP contribution in [0.4, 0.5) is 0 Å². The van der Waals surface area contributed by atoms with Crippen molar-refractivity contribution in [1.29, 1.82) is 0 Å². The van der Waals surface area contributed by atoms with Gasteiger partial charge in [0.1, 0.15) is 40.7 Å². The topological polar surface area (TPSA) is 202 Å². The Balaban J connectivity index is 1.28. The SMILES string of the molecule is O=COc1ccc2c(c1)C1N=C3c4ccc(C(=O)O)cc4C4N=c5c6ccc(C(=O)O)cc6c6n5C5(N34)N3C(=NC2N15)c1cc(C(=O)O)ccc1C3N=6. The summed E-state index contributed by atoms with van der Waals surface area (Å²) in [5.41, 5.74) is 5.25. The molecule has 3 N–H and O–H groups in total. The van der Waals surface area contributed by atoms with Crippen molar-refractivity contribution in [2.75, 3.05) is 0 Å². The second-order valence-corrected chi connectivity index (χ2v) is 13.7. The van der Waals surface area contributed by atoms with Gasteiger partial charge in [-0.05, 0) is 66.2 Å². The smallest absolute Gasteiger partial charge is 0.335 e. The molecule has 0 bridgehead atoms. The van der Waals surface area contributed by atoms with Gasteiger partial charge in [0.15, 0.2) is 12.3 Å². The lowest BCUT2D eigenvalue weighted by Crippen LogP contribution is -2.80. The highest BCUT2D eigenvalue weighted by Gasteiger charge is 2.72. The molecule has 0 fully saturated rings. The van der Waals surface area contributed by atoms with E-state index in [1.807, 2.05) is 10.6 Å². The minimum absolute atomic E-state index is 0.0607. The molecule has 7 aliphatic rings. The molecule has 0 saturated heterocycles. The molecule has 0 saturated carbocycles. The highest BCUT2D eigenvalue weighted by molar-refractivity contribution is 6.09. The highest BCUT2D eigenvalue weighted by atomic mass is 16.5. The monoisotopic (exact) mass is 704 g/mol. The van der Waals surface area contributed by atoms with Gasteiger partial charge < -0.3 is 20.1 Å². The number of hydrogen-bond acceptors (Lipinski definition) is 12. The number of hydrogen-bond donors (Lipinski definition) is 3. The van der Waals surface area contributed by atoms with E-state index < -0.39 is 48.5 Å². The molecule has 256 valence electrons. The molecule has 5 aromatic rings. The summed E-state index contributed by atoms with van der Waals surface area (Å²) in [7, 11) is 0. The van der Waals surface area contributed by atoms with Gasteiger partial charge in [-0.15, -0.1) is 0 Å². The maximum atomic E-state index is 12.3. The predicted octanol–water partition coefficient (Wildman–Crippen LogP) is 2.67. The second-order valence-electron chi connectivity index (χ2n) is 13.7. The zero-order chi connectivity index (χ0) is 35.8. The van der Waals surface area contributed by atoms with Gasteiger partial charge in [0.2, 0.25) is 0 Å². The van der Waals surface area contributed by atoms with E-state index >= 15 is 0 Å². The van der Waals surface area contributed by atoms with Crippen LogP contribution in [0.5, 0.6) is 5.75 Å². The molecule has 1 spiro atoms. The molecule has 7 aliphatic heterocycles. The van der Waals surface area contributed by atoms with E-state index in [1.54, 1.807) is 48.5 Å². The van der Waals surface area contributed by atoms with Crippen LogP contribution in [0, 0.1) is 0 Å². The first-order chi connectivity index (χ1) is 25.7. The summed E-state index contributed by atoms with van der Waals surface area (Å²) in [5, 5.41) is 31.4. The molecule has 53 heavy (non-hydrogen) atoms. The summed E-state index contributed by atoms with van der Waals surface area (Å²) >= 11 is 0. The summed E-state index contributed by atoms with van der Waals surface area (Å²) in [5.74, 6) is -3.37. The molecular formula is C37H20N8O8. The molecule has 0 aliphatic carbocycles. The Labute approximate surface area is 295 Å². The number of carbonyl (C=O) groups excluding carboxylic acids is 1. The molecule has 1 aromatic heterocycles. The lowest BCUT2D eigenvalue weighted by atomic mass is 10.0. The van der Waals surface area contributed by atoms with Crippen molar-refractivity contribution >= 4 is 46.8 Å². The summed E-state index contributed by atoms with van der Waals surface area (Å²) in [6.45, 7) is 0.355. The normalized spacial score (nSPS) is 25.2. The van der Waals surface area contributed by atoms with E-state index in [0.29, 0.717) is 67.9 Å². The third-order valence-corrected chi connectivity index (χ3v) is 11.4. The third kappa shape index (κ3) is 3.06. The van der Waals surface area contributed by atoms with E-state index in [4.69, 9.17) is 24.7 Å². The Morgan fingerprint density at radius 3 is 1.94 bits per heavy atom. The molecule has 0 radical (unpaired) electrons. The fourth-order valence-electron chi connectivity index (χ4n) is 9.38. The van der Waals surface area contributed by atoms with Gasteiger partial charge in [0, 0.05) is 38.6 Å². The first kappa shape index (κ1) is 28.5. The third-order valence-electron chi connectivity index (χ3n) is 11.4. The van der Waals surface area contributed by atoms with Crippen molar-refractivity contribution in [1.82, 2.24) is 19.3 Å². The van der Waals surface area contributed by atoms with Crippen LogP contribution in [0.2, 0.25) is 0 Å². The summed E-state index contributed by atoms with van der Waals surface area (Å²) in [6, 6.07) is 19.9. The quantitative estimate of drug-likeness (QED) is 0.227. The average Bonchev–Trinajstić information content (AvgIpc) is 3.86. The largest absolute Gasteiger partial charge is 0.478 e. The van der Waals surface area contributed by atoms with Gasteiger partial charge in [-0.3, -0.25) is 19.2 Å². The number of carboxylic acids is 3. The molecule has 8 heterocycles. The van der Waals surface area contributed by atoms with Crippen LogP contribution in [-0.4, -0.2) is 70.6 Å². The molecule has 5 unspecified atom stereocenters. The molecule has 16 heteroatoms. The standard InChI is InChI=1S/C37H20N8O8/c46-13-53-17-4-8-21-25(12-17)33-41-28-20-7-3-16(36(51)52)11-24(20)31-39-26-18-5-1-14(34(47)48)9-22(18)30-38-27-19-6-2-15(35(49)50)10-23(19)32-40-29(21)45(33)37(42(26)30,43(27)32)44(28)31/h1-13,27,29,31,33H,(H,47,48)(H,49,50)(H,51,52). The first-order valence-corrected chi connectivity index (χ1v) is 16.6. The summed E-state index contributed by atoms with van der Waals surface area (Å²) in [4.78, 5) is 75.9. The zero-order valence-electron chi connectivity index (χ0n) is 26.8. The van der Waals surface area contributed by atoms with Gasteiger partial charge in [-0.25, -0.2) is 34.4 Å². The number of amidine groups is 2. The van der Waals surface area contributed by atoms with Gasteiger partial charge >= 0.3 is 17.9 Å². The first-order valence-electron chi connectivity index (χ1n) is 16.6. The van der Waals surface area contributed by atoms with Crippen LogP contribution in [-0.2, 0) is 10.7 Å². The number of aliphatic imine (C=N–C) groups is 2.